The van der Waals surface area contributed by atoms with E-state index in [0.29, 0.717) is 16.8 Å². The molecule has 3 N–H and O–H groups in total. The van der Waals surface area contributed by atoms with Gasteiger partial charge in [0.1, 0.15) is 5.82 Å². The maximum Gasteiger partial charge on any atom is 0.251 e. The summed E-state index contributed by atoms with van der Waals surface area (Å²) in [5.41, 5.74) is 7.27. The molecule has 0 atom stereocenters. The number of nitrogens with two attached hydrogens (primary N) is 1. The first-order chi connectivity index (χ1) is 9.60. The fraction of sp³-hybridized carbons (Fsp3) is 0.143. The SMILES string of the molecule is NCc1cc(C(=O)NCc2cc(F)ccc2Br)ccn1. The summed E-state index contributed by atoms with van der Waals surface area (Å²) in [4.78, 5) is 16.0. The first kappa shape index (κ1) is 14.6. The van der Waals surface area contributed by atoms with Crippen molar-refractivity contribution in [1.82, 2.24) is 10.3 Å². The summed E-state index contributed by atoms with van der Waals surface area (Å²) < 4.78 is 13.9. The van der Waals surface area contributed by atoms with E-state index in [1.807, 2.05) is 0 Å². The van der Waals surface area contributed by atoms with Gasteiger partial charge in [0.2, 0.25) is 0 Å². The van der Waals surface area contributed by atoms with Gasteiger partial charge in [0.15, 0.2) is 0 Å². The van der Waals surface area contributed by atoms with Gasteiger partial charge in [-0.1, -0.05) is 15.9 Å². The molecule has 2 rings (SSSR count). The molecule has 0 spiro atoms. The molecule has 0 aliphatic carbocycles. The second-order valence-corrected chi connectivity index (χ2v) is 5.01. The summed E-state index contributed by atoms with van der Waals surface area (Å²) in [6, 6.07) is 7.58. The summed E-state index contributed by atoms with van der Waals surface area (Å²) in [5.74, 6) is -0.593. The number of hydrogen-bond donors (Lipinski definition) is 2. The number of hydrogen-bond acceptors (Lipinski definition) is 3. The lowest BCUT2D eigenvalue weighted by molar-refractivity contribution is 0.0950. The molecule has 2 aromatic rings. The third-order valence-electron chi connectivity index (χ3n) is 2.74. The van der Waals surface area contributed by atoms with Crippen LogP contribution < -0.4 is 11.1 Å². The zero-order valence-electron chi connectivity index (χ0n) is 10.6. The molecule has 1 aromatic heterocycles. The van der Waals surface area contributed by atoms with Crippen LogP contribution in [0.25, 0.3) is 0 Å². The number of halogens is 2. The van der Waals surface area contributed by atoms with Gasteiger partial charge in [0.25, 0.3) is 5.91 Å². The highest BCUT2D eigenvalue weighted by Gasteiger charge is 2.08. The van der Waals surface area contributed by atoms with Crippen molar-refractivity contribution in [1.29, 1.82) is 0 Å². The van der Waals surface area contributed by atoms with Gasteiger partial charge < -0.3 is 11.1 Å². The Bertz CT molecular complexity index is 634. The first-order valence-corrected chi connectivity index (χ1v) is 6.76. The molecule has 20 heavy (non-hydrogen) atoms. The van der Waals surface area contributed by atoms with Crippen molar-refractivity contribution in [2.24, 2.45) is 5.73 Å². The molecule has 1 heterocycles. The number of carbonyl (C=O) groups is 1. The summed E-state index contributed by atoms with van der Waals surface area (Å²) >= 11 is 3.32. The van der Waals surface area contributed by atoms with E-state index in [9.17, 15) is 9.18 Å². The fourth-order valence-corrected chi connectivity index (χ4v) is 2.07. The molecular weight excluding hydrogens is 325 g/mol. The molecule has 1 amide bonds. The van der Waals surface area contributed by atoms with E-state index in [2.05, 4.69) is 26.2 Å². The number of amides is 1. The largest absolute Gasteiger partial charge is 0.348 e. The molecular formula is C14H13BrFN3O. The number of nitrogens with one attached hydrogen (secondary N) is 1. The van der Waals surface area contributed by atoms with Crippen molar-refractivity contribution in [3.63, 3.8) is 0 Å². The van der Waals surface area contributed by atoms with Crippen molar-refractivity contribution in [3.8, 4) is 0 Å². The summed E-state index contributed by atoms with van der Waals surface area (Å²) in [6.45, 7) is 0.508. The number of benzene rings is 1. The van der Waals surface area contributed by atoms with Crippen LogP contribution in [0.3, 0.4) is 0 Å². The smallest absolute Gasteiger partial charge is 0.251 e. The van der Waals surface area contributed by atoms with Crippen molar-refractivity contribution in [2.45, 2.75) is 13.1 Å². The van der Waals surface area contributed by atoms with Crippen molar-refractivity contribution in [3.05, 3.63) is 63.6 Å². The number of nitrogens with zero attached hydrogens (tertiary/aromatic N) is 1. The van der Waals surface area contributed by atoms with E-state index < -0.39 is 0 Å². The predicted octanol–water partition coefficient (Wildman–Crippen LogP) is 2.37. The van der Waals surface area contributed by atoms with Crippen LogP contribution in [0.4, 0.5) is 4.39 Å². The zero-order valence-corrected chi connectivity index (χ0v) is 12.2. The second kappa shape index (κ2) is 6.58. The minimum absolute atomic E-state index is 0.234. The molecule has 1 aromatic carbocycles. The fourth-order valence-electron chi connectivity index (χ4n) is 1.69. The molecule has 0 radical (unpaired) electrons. The van der Waals surface area contributed by atoms with Crippen LogP contribution in [0.5, 0.6) is 0 Å². The van der Waals surface area contributed by atoms with Gasteiger partial charge in [-0.2, -0.15) is 0 Å². The van der Waals surface area contributed by atoms with Gasteiger partial charge in [-0.05, 0) is 35.9 Å². The van der Waals surface area contributed by atoms with Gasteiger partial charge in [0, 0.05) is 29.3 Å². The van der Waals surface area contributed by atoms with Gasteiger partial charge >= 0.3 is 0 Å². The van der Waals surface area contributed by atoms with Gasteiger partial charge in [-0.25, -0.2) is 4.39 Å². The maximum absolute atomic E-state index is 13.1. The molecule has 6 heteroatoms. The molecule has 0 saturated heterocycles. The Morgan fingerprint density at radius 1 is 1.35 bits per heavy atom. The summed E-state index contributed by atoms with van der Waals surface area (Å²) in [6.07, 6.45) is 1.54. The summed E-state index contributed by atoms with van der Waals surface area (Å²) in [5, 5.41) is 2.73. The number of aromatic nitrogens is 1. The zero-order chi connectivity index (χ0) is 14.5. The van der Waals surface area contributed by atoms with E-state index in [0.717, 1.165) is 4.47 Å². The quantitative estimate of drug-likeness (QED) is 0.899. The van der Waals surface area contributed by atoms with Crippen molar-refractivity contribution in [2.75, 3.05) is 0 Å². The topological polar surface area (TPSA) is 68.0 Å². The minimum Gasteiger partial charge on any atom is -0.348 e. The number of rotatable bonds is 4. The maximum atomic E-state index is 13.1. The molecule has 0 bridgehead atoms. The van der Waals surface area contributed by atoms with Crippen molar-refractivity contribution < 1.29 is 9.18 Å². The molecule has 0 aliphatic rings. The van der Waals surface area contributed by atoms with Crippen LogP contribution >= 0.6 is 15.9 Å². The average molecular weight is 338 g/mol. The normalized spacial score (nSPS) is 10.3. The Hall–Kier alpha value is -1.79. The van der Waals surface area contributed by atoms with Crippen LogP contribution in [-0.2, 0) is 13.1 Å². The molecule has 0 unspecified atom stereocenters. The second-order valence-electron chi connectivity index (χ2n) is 4.16. The highest BCUT2D eigenvalue weighted by molar-refractivity contribution is 9.10. The monoisotopic (exact) mass is 337 g/mol. The molecule has 0 aliphatic heterocycles. The van der Waals surface area contributed by atoms with Crippen molar-refractivity contribution >= 4 is 21.8 Å². The van der Waals surface area contributed by atoms with Gasteiger partial charge in [0.05, 0.1) is 5.69 Å². The Labute approximate surface area is 124 Å². The molecule has 4 nitrogen and oxygen atoms in total. The Morgan fingerprint density at radius 3 is 2.90 bits per heavy atom. The Morgan fingerprint density at radius 2 is 2.15 bits per heavy atom. The number of pyridine rings is 1. The van der Waals surface area contributed by atoms with E-state index in [1.165, 1.54) is 18.3 Å². The molecule has 0 saturated carbocycles. The Kier molecular flexibility index (Phi) is 4.81. The lowest BCUT2D eigenvalue weighted by Gasteiger charge is -2.08. The standard InChI is InChI=1S/C14H13BrFN3O/c15-13-2-1-11(16)5-10(13)8-19-14(20)9-3-4-18-12(6-9)7-17/h1-6H,7-8,17H2,(H,19,20). The van der Waals surface area contributed by atoms with Gasteiger partial charge in [-0.3, -0.25) is 9.78 Å². The third-order valence-corrected chi connectivity index (χ3v) is 3.51. The van der Waals surface area contributed by atoms with Crippen LogP contribution in [-0.4, -0.2) is 10.9 Å². The van der Waals surface area contributed by atoms with E-state index >= 15 is 0 Å². The van der Waals surface area contributed by atoms with Crippen LogP contribution in [0.2, 0.25) is 0 Å². The average Bonchev–Trinajstić information content (AvgIpc) is 2.48. The lowest BCUT2D eigenvalue weighted by atomic mass is 10.2. The highest BCUT2D eigenvalue weighted by atomic mass is 79.9. The molecule has 0 fully saturated rings. The first-order valence-electron chi connectivity index (χ1n) is 5.97. The number of carbonyl (C=O) groups excluding carboxylic acids is 1. The minimum atomic E-state index is -0.341. The van der Waals surface area contributed by atoms with Crippen LogP contribution in [0.1, 0.15) is 21.6 Å². The summed E-state index contributed by atoms with van der Waals surface area (Å²) in [7, 11) is 0. The van der Waals surface area contributed by atoms with Crippen LogP contribution in [0, 0.1) is 5.82 Å². The van der Waals surface area contributed by atoms with Crippen LogP contribution in [0.15, 0.2) is 41.0 Å². The third kappa shape index (κ3) is 3.61. The van der Waals surface area contributed by atoms with Gasteiger partial charge in [-0.15, -0.1) is 0 Å². The van der Waals surface area contributed by atoms with E-state index in [1.54, 1.807) is 18.2 Å². The van der Waals surface area contributed by atoms with E-state index in [-0.39, 0.29) is 24.8 Å². The predicted molar refractivity (Wildman–Crippen MR) is 77.4 cm³/mol. The Balaban J connectivity index is 2.06. The highest BCUT2D eigenvalue weighted by Crippen LogP contribution is 2.17. The molecule has 104 valence electrons. The van der Waals surface area contributed by atoms with E-state index in [4.69, 9.17) is 5.73 Å². The lowest BCUT2D eigenvalue weighted by Crippen LogP contribution is -2.23.